The number of aromatic hydroxyl groups is 2. The smallest absolute Gasteiger partial charge is 0.255 e. The number of hydrogen-bond donors (Lipinski definition) is 3. The van der Waals surface area contributed by atoms with E-state index < -0.39 is 0 Å². The summed E-state index contributed by atoms with van der Waals surface area (Å²) in [6, 6.07) is 4.00. The van der Waals surface area contributed by atoms with Crippen LogP contribution in [-0.4, -0.2) is 33.7 Å². The molecule has 2 rings (SSSR count). The molecule has 1 aliphatic rings. The average Bonchev–Trinajstić information content (AvgIpc) is 2.85. The number of nitrogens with one attached hydrogen (secondary N) is 1. The molecule has 0 bridgehead atoms. The summed E-state index contributed by atoms with van der Waals surface area (Å²) in [5, 5.41) is 21.7. The monoisotopic (exact) mass is 281 g/mol. The first-order valence-corrected chi connectivity index (χ1v) is 7.64. The Bertz CT molecular complexity index is 470. The lowest BCUT2D eigenvalue weighted by atomic mass is 10.1. The van der Waals surface area contributed by atoms with Gasteiger partial charge in [0.15, 0.2) is 0 Å². The van der Waals surface area contributed by atoms with E-state index in [9.17, 15) is 15.0 Å². The van der Waals surface area contributed by atoms with E-state index in [4.69, 9.17) is 0 Å². The molecule has 0 saturated heterocycles. The largest absolute Gasteiger partial charge is 0.508 e. The highest BCUT2D eigenvalue weighted by molar-refractivity contribution is 8.00. The number of phenolic OH excluding ortho intramolecular Hbond substituents is 2. The lowest BCUT2D eigenvalue weighted by molar-refractivity contribution is 0.0947. The predicted octanol–water partition coefficient (Wildman–Crippen LogP) is 2.50. The van der Waals surface area contributed by atoms with Gasteiger partial charge in [-0.25, -0.2) is 0 Å². The molecule has 0 aromatic heterocycles. The van der Waals surface area contributed by atoms with Crippen molar-refractivity contribution in [3.63, 3.8) is 0 Å². The van der Waals surface area contributed by atoms with Crippen LogP contribution in [0, 0.1) is 0 Å². The zero-order chi connectivity index (χ0) is 13.9. The number of carbonyl (C=O) groups excluding carboxylic acids is 1. The van der Waals surface area contributed by atoms with Gasteiger partial charge in [0.25, 0.3) is 5.91 Å². The predicted molar refractivity (Wildman–Crippen MR) is 76.8 cm³/mol. The van der Waals surface area contributed by atoms with Crippen molar-refractivity contribution in [1.29, 1.82) is 0 Å². The minimum absolute atomic E-state index is 0.0505. The summed E-state index contributed by atoms with van der Waals surface area (Å²) in [6.45, 7) is 0.618. The van der Waals surface area contributed by atoms with E-state index in [1.807, 2.05) is 0 Å². The van der Waals surface area contributed by atoms with Crippen LogP contribution in [0.1, 0.15) is 36.0 Å². The van der Waals surface area contributed by atoms with Gasteiger partial charge in [-0.15, -0.1) is 0 Å². The summed E-state index contributed by atoms with van der Waals surface area (Å²) in [5.41, 5.74) is 0.201. The van der Waals surface area contributed by atoms with Gasteiger partial charge in [0.05, 0.1) is 5.56 Å². The first-order chi connectivity index (χ1) is 9.06. The molecule has 0 spiro atoms. The molecule has 1 fully saturated rings. The fraction of sp³-hybridized carbons (Fsp3) is 0.500. The van der Waals surface area contributed by atoms with Gasteiger partial charge < -0.3 is 15.5 Å². The Morgan fingerprint density at radius 2 is 2.05 bits per heavy atom. The Labute approximate surface area is 117 Å². The zero-order valence-corrected chi connectivity index (χ0v) is 11.8. The van der Waals surface area contributed by atoms with E-state index in [-0.39, 0.29) is 27.7 Å². The summed E-state index contributed by atoms with van der Waals surface area (Å²) >= 11 is 1.81. The molecule has 1 aliphatic carbocycles. The molecule has 5 heteroatoms. The minimum Gasteiger partial charge on any atom is -0.508 e. The number of rotatable bonds is 4. The van der Waals surface area contributed by atoms with Gasteiger partial charge in [-0.05, 0) is 31.2 Å². The molecule has 0 atom stereocenters. The van der Waals surface area contributed by atoms with E-state index in [0.29, 0.717) is 6.54 Å². The molecule has 0 radical (unpaired) electrons. The lowest BCUT2D eigenvalue weighted by Gasteiger charge is -2.26. The van der Waals surface area contributed by atoms with Crippen molar-refractivity contribution in [3.8, 4) is 11.5 Å². The number of benzene rings is 1. The highest BCUT2D eigenvalue weighted by atomic mass is 32.2. The molecule has 0 unspecified atom stereocenters. The third kappa shape index (κ3) is 3.15. The summed E-state index contributed by atoms with van der Waals surface area (Å²) in [5.74, 6) is -0.537. The minimum atomic E-state index is -0.294. The molecule has 4 nitrogen and oxygen atoms in total. The maximum atomic E-state index is 12.0. The van der Waals surface area contributed by atoms with Gasteiger partial charge in [-0.1, -0.05) is 12.8 Å². The Morgan fingerprint density at radius 3 is 2.63 bits per heavy atom. The van der Waals surface area contributed by atoms with Crippen LogP contribution in [0.15, 0.2) is 18.2 Å². The molecule has 1 amide bonds. The number of hydrogen-bond acceptors (Lipinski definition) is 4. The van der Waals surface area contributed by atoms with Crippen molar-refractivity contribution in [2.24, 2.45) is 0 Å². The molecule has 104 valence electrons. The summed E-state index contributed by atoms with van der Waals surface area (Å²) in [6.07, 6.45) is 6.74. The van der Waals surface area contributed by atoms with E-state index in [2.05, 4.69) is 11.6 Å². The number of thioether (sulfide) groups is 1. The Morgan fingerprint density at radius 1 is 1.37 bits per heavy atom. The molecular formula is C14H19NO3S. The number of carbonyl (C=O) groups is 1. The first kappa shape index (κ1) is 14.1. The average molecular weight is 281 g/mol. The van der Waals surface area contributed by atoms with Gasteiger partial charge in [-0.3, -0.25) is 4.79 Å². The second-order valence-electron chi connectivity index (χ2n) is 4.98. The van der Waals surface area contributed by atoms with Crippen LogP contribution in [0.25, 0.3) is 0 Å². The van der Waals surface area contributed by atoms with Crippen molar-refractivity contribution in [2.75, 3.05) is 12.8 Å². The van der Waals surface area contributed by atoms with Gasteiger partial charge in [0, 0.05) is 17.4 Å². The van der Waals surface area contributed by atoms with E-state index in [1.54, 1.807) is 11.8 Å². The van der Waals surface area contributed by atoms with Crippen molar-refractivity contribution in [1.82, 2.24) is 5.32 Å². The third-order valence-electron chi connectivity index (χ3n) is 3.74. The number of amides is 1. The second kappa shape index (κ2) is 5.74. The molecule has 1 aromatic carbocycles. The quantitative estimate of drug-likeness (QED) is 0.793. The molecule has 1 aromatic rings. The highest BCUT2D eigenvalue weighted by Gasteiger charge is 2.33. The van der Waals surface area contributed by atoms with Crippen LogP contribution in [0.3, 0.4) is 0 Å². The van der Waals surface area contributed by atoms with Gasteiger partial charge >= 0.3 is 0 Å². The van der Waals surface area contributed by atoms with Crippen LogP contribution < -0.4 is 5.32 Å². The van der Waals surface area contributed by atoms with Gasteiger partial charge in [0.2, 0.25) is 0 Å². The van der Waals surface area contributed by atoms with Crippen molar-refractivity contribution in [2.45, 2.75) is 30.4 Å². The summed E-state index contributed by atoms with van der Waals surface area (Å²) in [7, 11) is 0. The molecule has 1 saturated carbocycles. The molecular weight excluding hydrogens is 262 g/mol. The highest BCUT2D eigenvalue weighted by Crippen LogP contribution is 2.39. The fourth-order valence-corrected chi connectivity index (χ4v) is 3.43. The van der Waals surface area contributed by atoms with Crippen LogP contribution in [0.4, 0.5) is 0 Å². The first-order valence-electron chi connectivity index (χ1n) is 6.42. The maximum Gasteiger partial charge on any atom is 0.255 e. The summed E-state index contributed by atoms with van der Waals surface area (Å²) in [4.78, 5) is 12.0. The van der Waals surface area contributed by atoms with Crippen LogP contribution in [0.2, 0.25) is 0 Å². The van der Waals surface area contributed by atoms with Crippen LogP contribution in [0.5, 0.6) is 11.5 Å². The van der Waals surface area contributed by atoms with E-state index in [1.165, 1.54) is 31.0 Å². The van der Waals surface area contributed by atoms with E-state index in [0.717, 1.165) is 12.8 Å². The summed E-state index contributed by atoms with van der Waals surface area (Å²) < 4.78 is 0.141. The second-order valence-corrected chi connectivity index (χ2v) is 6.25. The SMILES string of the molecule is CSC1(CNC(=O)c2ccc(O)cc2O)CCCC1. The van der Waals surface area contributed by atoms with E-state index >= 15 is 0 Å². The maximum absolute atomic E-state index is 12.0. The van der Waals surface area contributed by atoms with Crippen LogP contribution in [-0.2, 0) is 0 Å². The topological polar surface area (TPSA) is 69.6 Å². The third-order valence-corrected chi connectivity index (χ3v) is 5.16. The lowest BCUT2D eigenvalue weighted by Crippen LogP contribution is -2.38. The Kier molecular flexibility index (Phi) is 4.24. The molecule has 3 N–H and O–H groups in total. The zero-order valence-electron chi connectivity index (χ0n) is 11.0. The van der Waals surface area contributed by atoms with Crippen molar-refractivity contribution < 1.29 is 15.0 Å². The van der Waals surface area contributed by atoms with Crippen LogP contribution >= 0.6 is 11.8 Å². The molecule has 0 heterocycles. The molecule has 0 aliphatic heterocycles. The fourth-order valence-electron chi connectivity index (χ4n) is 2.52. The number of phenols is 2. The normalized spacial score (nSPS) is 17.3. The molecule has 19 heavy (non-hydrogen) atoms. The van der Waals surface area contributed by atoms with Gasteiger partial charge in [-0.2, -0.15) is 11.8 Å². The van der Waals surface area contributed by atoms with Crippen molar-refractivity contribution in [3.05, 3.63) is 23.8 Å². The standard InChI is InChI=1S/C14H19NO3S/c1-19-14(6-2-3-7-14)9-15-13(18)11-5-4-10(16)8-12(11)17/h4-5,8,16-17H,2-3,6-7,9H2,1H3,(H,15,18). The Balaban J connectivity index is 2.01. The van der Waals surface area contributed by atoms with Gasteiger partial charge in [0.1, 0.15) is 11.5 Å². The Hall–Kier alpha value is -1.36. The van der Waals surface area contributed by atoms with Crippen molar-refractivity contribution >= 4 is 17.7 Å².